The zero-order chi connectivity index (χ0) is 12.8. The van der Waals surface area contributed by atoms with E-state index in [1.165, 1.54) is 24.3 Å². The number of thioether (sulfide) groups is 1. The van der Waals surface area contributed by atoms with Crippen molar-refractivity contribution in [2.45, 2.75) is 19.3 Å². The first-order valence-electron chi connectivity index (χ1n) is 6.43. The molecule has 4 heteroatoms. The Balaban J connectivity index is 1.76. The van der Waals surface area contributed by atoms with Gasteiger partial charge in [0.05, 0.1) is 6.42 Å². The van der Waals surface area contributed by atoms with Crippen LogP contribution in [0.1, 0.15) is 18.4 Å². The quantitative estimate of drug-likeness (QED) is 0.819. The van der Waals surface area contributed by atoms with Crippen molar-refractivity contribution in [1.82, 2.24) is 5.32 Å². The number of carbonyl (C=O) groups excluding carboxylic acids is 1. The van der Waals surface area contributed by atoms with Crippen LogP contribution in [0.3, 0.4) is 0 Å². The summed E-state index contributed by atoms with van der Waals surface area (Å²) < 4.78 is 0. The van der Waals surface area contributed by atoms with Crippen LogP contribution in [-0.2, 0) is 11.2 Å². The second-order valence-corrected chi connectivity index (χ2v) is 5.96. The number of rotatable bonds is 4. The SMILES string of the molecule is Nc1ccccc1CC(=O)NCC1CCSCC1. The molecule has 1 heterocycles. The number of hydrogen-bond acceptors (Lipinski definition) is 3. The summed E-state index contributed by atoms with van der Waals surface area (Å²) >= 11 is 2.01. The van der Waals surface area contributed by atoms with Gasteiger partial charge in [0.25, 0.3) is 0 Å². The summed E-state index contributed by atoms with van der Waals surface area (Å²) in [6.45, 7) is 0.812. The van der Waals surface area contributed by atoms with Gasteiger partial charge in [-0.25, -0.2) is 0 Å². The van der Waals surface area contributed by atoms with Crippen molar-refractivity contribution >= 4 is 23.4 Å². The molecule has 1 saturated heterocycles. The van der Waals surface area contributed by atoms with Gasteiger partial charge in [-0.05, 0) is 41.9 Å². The Morgan fingerprint density at radius 2 is 2.06 bits per heavy atom. The minimum atomic E-state index is 0.0751. The van der Waals surface area contributed by atoms with Crippen LogP contribution in [0.25, 0.3) is 0 Å². The Morgan fingerprint density at radius 3 is 2.78 bits per heavy atom. The van der Waals surface area contributed by atoms with E-state index in [0.717, 1.165) is 12.1 Å². The van der Waals surface area contributed by atoms with E-state index in [1.807, 2.05) is 36.0 Å². The molecular formula is C14H20N2OS. The molecule has 98 valence electrons. The molecule has 1 aliphatic rings. The normalized spacial score (nSPS) is 16.4. The summed E-state index contributed by atoms with van der Waals surface area (Å²) in [5.41, 5.74) is 7.43. The maximum absolute atomic E-state index is 11.8. The van der Waals surface area contributed by atoms with Crippen LogP contribution in [0.4, 0.5) is 5.69 Å². The number of anilines is 1. The first-order valence-corrected chi connectivity index (χ1v) is 7.59. The third-order valence-electron chi connectivity index (χ3n) is 3.33. The van der Waals surface area contributed by atoms with Gasteiger partial charge in [0.15, 0.2) is 0 Å². The van der Waals surface area contributed by atoms with Gasteiger partial charge in [0.2, 0.25) is 5.91 Å². The fourth-order valence-corrected chi connectivity index (χ4v) is 3.34. The highest BCUT2D eigenvalue weighted by Gasteiger charge is 2.14. The fourth-order valence-electron chi connectivity index (χ4n) is 2.14. The second kappa shape index (κ2) is 6.69. The smallest absolute Gasteiger partial charge is 0.224 e. The average Bonchev–Trinajstić information content (AvgIpc) is 2.40. The molecule has 2 rings (SSSR count). The Morgan fingerprint density at radius 1 is 1.33 bits per heavy atom. The monoisotopic (exact) mass is 264 g/mol. The summed E-state index contributed by atoms with van der Waals surface area (Å²) in [5, 5.41) is 3.02. The Hall–Kier alpha value is -1.16. The molecule has 0 unspecified atom stereocenters. The number of benzene rings is 1. The van der Waals surface area contributed by atoms with Crippen molar-refractivity contribution in [3.05, 3.63) is 29.8 Å². The van der Waals surface area contributed by atoms with Crippen LogP contribution < -0.4 is 11.1 Å². The van der Waals surface area contributed by atoms with Gasteiger partial charge in [0.1, 0.15) is 0 Å². The highest BCUT2D eigenvalue weighted by Crippen LogP contribution is 2.21. The minimum absolute atomic E-state index is 0.0751. The maximum Gasteiger partial charge on any atom is 0.224 e. The van der Waals surface area contributed by atoms with Crippen LogP contribution >= 0.6 is 11.8 Å². The van der Waals surface area contributed by atoms with Crippen molar-refractivity contribution in [3.8, 4) is 0 Å². The molecular weight excluding hydrogens is 244 g/mol. The first-order chi connectivity index (χ1) is 8.75. The third kappa shape index (κ3) is 3.95. The number of carbonyl (C=O) groups is 1. The molecule has 1 aromatic carbocycles. The standard InChI is InChI=1S/C14H20N2OS/c15-13-4-2-1-3-12(13)9-14(17)16-10-11-5-7-18-8-6-11/h1-4,11H,5-10,15H2,(H,16,17). The van der Waals surface area contributed by atoms with Crippen molar-refractivity contribution in [2.24, 2.45) is 5.92 Å². The number of nitrogens with one attached hydrogen (secondary N) is 1. The lowest BCUT2D eigenvalue weighted by atomic mass is 10.0. The lowest BCUT2D eigenvalue weighted by Gasteiger charge is -2.21. The van der Waals surface area contributed by atoms with Gasteiger partial charge in [-0.1, -0.05) is 18.2 Å². The number of nitrogen functional groups attached to an aromatic ring is 1. The van der Waals surface area contributed by atoms with Gasteiger partial charge in [-0.15, -0.1) is 0 Å². The van der Waals surface area contributed by atoms with Gasteiger partial charge in [-0.2, -0.15) is 11.8 Å². The summed E-state index contributed by atoms with van der Waals surface area (Å²) in [6, 6.07) is 7.54. The summed E-state index contributed by atoms with van der Waals surface area (Å²) in [7, 11) is 0. The third-order valence-corrected chi connectivity index (χ3v) is 4.38. The molecule has 1 amide bonds. The molecule has 0 atom stereocenters. The number of nitrogens with two attached hydrogens (primary N) is 1. The summed E-state index contributed by atoms with van der Waals surface area (Å²) in [4.78, 5) is 11.8. The topological polar surface area (TPSA) is 55.1 Å². The Kier molecular flexibility index (Phi) is 4.93. The second-order valence-electron chi connectivity index (χ2n) is 4.74. The molecule has 0 spiro atoms. The molecule has 3 nitrogen and oxygen atoms in total. The van der Waals surface area contributed by atoms with E-state index in [0.29, 0.717) is 18.0 Å². The molecule has 18 heavy (non-hydrogen) atoms. The largest absolute Gasteiger partial charge is 0.398 e. The van der Waals surface area contributed by atoms with Gasteiger partial charge in [0, 0.05) is 12.2 Å². The molecule has 0 saturated carbocycles. The van der Waals surface area contributed by atoms with Crippen molar-refractivity contribution < 1.29 is 4.79 Å². The molecule has 1 aromatic rings. The van der Waals surface area contributed by atoms with Crippen LogP contribution in [0.5, 0.6) is 0 Å². The van der Waals surface area contributed by atoms with Crippen LogP contribution in [0.15, 0.2) is 24.3 Å². The van der Waals surface area contributed by atoms with E-state index >= 15 is 0 Å². The van der Waals surface area contributed by atoms with E-state index in [2.05, 4.69) is 5.32 Å². The van der Waals surface area contributed by atoms with Crippen molar-refractivity contribution in [1.29, 1.82) is 0 Å². The lowest BCUT2D eigenvalue weighted by Crippen LogP contribution is -2.32. The molecule has 0 aliphatic carbocycles. The Bertz CT molecular complexity index is 403. The zero-order valence-electron chi connectivity index (χ0n) is 10.5. The number of hydrogen-bond donors (Lipinski definition) is 2. The van der Waals surface area contributed by atoms with Gasteiger partial charge >= 0.3 is 0 Å². The molecule has 0 aromatic heterocycles. The lowest BCUT2D eigenvalue weighted by molar-refractivity contribution is -0.120. The molecule has 0 radical (unpaired) electrons. The van der Waals surface area contributed by atoms with Gasteiger partial charge in [-0.3, -0.25) is 4.79 Å². The van der Waals surface area contributed by atoms with Crippen molar-refractivity contribution in [2.75, 3.05) is 23.8 Å². The van der Waals surface area contributed by atoms with Gasteiger partial charge < -0.3 is 11.1 Å². The fraction of sp³-hybridized carbons (Fsp3) is 0.500. The maximum atomic E-state index is 11.8. The predicted octanol–water partition coefficient (Wildman–Crippen LogP) is 2.07. The van der Waals surface area contributed by atoms with Crippen LogP contribution in [0.2, 0.25) is 0 Å². The highest BCUT2D eigenvalue weighted by atomic mass is 32.2. The zero-order valence-corrected chi connectivity index (χ0v) is 11.3. The minimum Gasteiger partial charge on any atom is -0.398 e. The number of para-hydroxylation sites is 1. The van der Waals surface area contributed by atoms with Crippen LogP contribution in [0, 0.1) is 5.92 Å². The number of amides is 1. The highest BCUT2D eigenvalue weighted by molar-refractivity contribution is 7.99. The molecule has 3 N–H and O–H groups in total. The Labute approximate surface area is 113 Å². The summed E-state index contributed by atoms with van der Waals surface area (Å²) in [6.07, 6.45) is 2.82. The molecule has 0 bridgehead atoms. The van der Waals surface area contributed by atoms with E-state index in [-0.39, 0.29) is 5.91 Å². The van der Waals surface area contributed by atoms with Crippen LogP contribution in [-0.4, -0.2) is 24.0 Å². The van der Waals surface area contributed by atoms with E-state index in [4.69, 9.17) is 5.73 Å². The summed E-state index contributed by atoms with van der Waals surface area (Å²) in [5.74, 6) is 3.19. The van der Waals surface area contributed by atoms with E-state index in [1.54, 1.807) is 0 Å². The van der Waals surface area contributed by atoms with E-state index in [9.17, 15) is 4.79 Å². The first kappa shape index (κ1) is 13.3. The van der Waals surface area contributed by atoms with E-state index < -0.39 is 0 Å². The predicted molar refractivity (Wildman–Crippen MR) is 77.6 cm³/mol. The molecule has 1 aliphatic heterocycles. The molecule has 1 fully saturated rings. The van der Waals surface area contributed by atoms with Crippen molar-refractivity contribution in [3.63, 3.8) is 0 Å². The average molecular weight is 264 g/mol.